The number of rotatable bonds is 71. The molecule has 0 N–H and O–H groups in total. The molecule has 0 bridgehead atoms. The standard InChI is InChI=1S/C84H145NO8/c1-6-8-10-12-14-16-18-20-22-24-26-28-30-32-34-36-37-38-39-40-41-42-43-44-45-47-48-50-52-54-56-58-60-62-64-66-68-70-72-74-81(86)91-78-80(79-92-84(83(88)89)90-77-76-85(3,4)5)93-82(87)75-73-71-69-67-65-63-61-59-57-55-53-51-49-46-35-33-31-29-27-25-23-21-19-17-15-13-11-9-7-2/h8-11,14-17,20-23,26-29,33,35,49,51,80,84H,6-7,12-13,18-19,24-25,30-32,34,36-48,50,52-79H2,1-5H3/b10-8-,11-9-,16-14-,17-15-,22-20-,23-21-,28-26-,29-27-,35-33-,51-49-. The number of ether oxygens (including phenoxy) is 4. The lowest BCUT2D eigenvalue weighted by molar-refractivity contribution is -0.870. The Bertz CT molecular complexity index is 1950. The molecule has 0 saturated heterocycles. The molecule has 9 heteroatoms. The molecule has 0 aliphatic carbocycles. The number of hydrogen-bond donors (Lipinski definition) is 0. The number of carboxylic acids is 1. The topological polar surface area (TPSA) is 111 Å². The number of carboxylic acid groups (broad SMARTS) is 1. The van der Waals surface area contributed by atoms with Crippen molar-refractivity contribution in [2.24, 2.45) is 0 Å². The van der Waals surface area contributed by atoms with Crippen LogP contribution in [0.3, 0.4) is 0 Å². The number of esters is 2. The highest BCUT2D eigenvalue weighted by Crippen LogP contribution is 2.18. The zero-order valence-electron chi connectivity index (χ0n) is 61.1. The molecule has 0 aliphatic heterocycles. The lowest BCUT2D eigenvalue weighted by atomic mass is 10.0. The van der Waals surface area contributed by atoms with Gasteiger partial charge in [0.25, 0.3) is 0 Å². The normalized spacial score (nSPS) is 13.3. The Balaban J connectivity index is 4.01. The Labute approximate surface area is 574 Å². The van der Waals surface area contributed by atoms with E-state index in [0.29, 0.717) is 23.9 Å². The van der Waals surface area contributed by atoms with Gasteiger partial charge >= 0.3 is 11.9 Å². The maximum atomic E-state index is 13.0. The fourth-order valence-corrected chi connectivity index (χ4v) is 10.9. The molecular formula is C84H145NO8. The van der Waals surface area contributed by atoms with Crippen LogP contribution in [-0.4, -0.2) is 82.3 Å². The first kappa shape index (κ1) is 88.7. The van der Waals surface area contributed by atoms with Crippen molar-refractivity contribution in [1.82, 2.24) is 0 Å². The number of likely N-dealkylation sites (N-methyl/N-ethyl adjacent to an activating group) is 1. The van der Waals surface area contributed by atoms with Crippen LogP contribution in [0, 0.1) is 0 Å². The summed E-state index contributed by atoms with van der Waals surface area (Å²) in [7, 11) is 5.93. The number of carbonyl (C=O) groups is 3. The lowest BCUT2D eigenvalue weighted by Crippen LogP contribution is -2.44. The first-order valence-electron chi connectivity index (χ1n) is 38.7. The second-order valence-electron chi connectivity index (χ2n) is 26.9. The van der Waals surface area contributed by atoms with Gasteiger partial charge in [-0.3, -0.25) is 9.59 Å². The molecule has 93 heavy (non-hydrogen) atoms. The van der Waals surface area contributed by atoms with Crippen LogP contribution < -0.4 is 5.11 Å². The van der Waals surface area contributed by atoms with Crippen LogP contribution in [0.15, 0.2) is 122 Å². The van der Waals surface area contributed by atoms with Gasteiger partial charge in [0.05, 0.1) is 40.3 Å². The van der Waals surface area contributed by atoms with Crippen LogP contribution in [0.25, 0.3) is 0 Å². The van der Waals surface area contributed by atoms with E-state index in [0.717, 1.165) is 109 Å². The molecule has 9 nitrogen and oxygen atoms in total. The average Bonchev–Trinajstić information content (AvgIpc) is 3.74. The van der Waals surface area contributed by atoms with Gasteiger partial charge in [-0.2, -0.15) is 0 Å². The van der Waals surface area contributed by atoms with Crippen molar-refractivity contribution < 1.29 is 42.9 Å². The van der Waals surface area contributed by atoms with E-state index in [2.05, 4.69) is 135 Å². The van der Waals surface area contributed by atoms with Crippen LogP contribution in [0.2, 0.25) is 0 Å². The van der Waals surface area contributed by atoms with E-state index < -0.39 is 24.3 Å². The molecule has 0 fully saturated rings. The largest absolute Gasteiger partial charge is 0.545 e. The lowest BCUT2D eigenvalue weighted by Gasteiger charge is -2.26. The number of hydrogen-bond acceptors (Lipinski definition) is 8. The van der Waals surface area contributed by atoms with Crippen molar-refractivity contribution in [1.29, 1.82) is 0 Å². The molecule has 0 aromatic rings. The summed E-state index contributed by atoms with van der Waals surface area (Å²) in [5.74, 6) is -2.28. The second kappa shape index (κ2) is 73.5. The Morgan fingerprint density at radius 1 is 0.323 bits per heavy atom. The third-order valence-electron chi connectivity index (χ3n) is 16.7. The van der Waals surface area contributed by atoms with E-state index in [1.165, 1.54) is 193 Å². The molecule has 0 amide bonds. The quantitative estimate of drug-likeness (QED) is 0.0195. The Kier molecular flexibility index (Phi) is 70.1. The van der Waals surface area contributed by atoms with Crippen LogP contribution in [-0.2, 0) is 33.3 Å². The van der Waals surface area contributed by atoms with Crippen molar-refractivity contribution in [3.63, 3.8) is 0 Å². The predicted molar refractivity (Wildman–Crippen MR) is 398 cm³/mol. The highest BCUT2D eigenvalue weighted by Gasteiger charge is 2.22. The number of carbonyl (C=O) groups excluding carboxylic acids is 3. The minimum Gasteiger partial charge on any atom is -0.545 e. The SMILES string of the molecule is CC/C=C\C/C=C\C/C=C\C/C=C\C/C=C\C/C=C\CCCCCCCCCCCCC(=O)OC(COC(=O)CCCCCCCCCCCCCCCCCCCCCCCCCCCC/C=C\C/C=C\C/C=C\C/C=C\CC)COC(OCC[N+](C)(C)C)C(=O)[O-]. The van der Waals surface area contributed by atoms with E-state index in [1.807, 2.05) is 21.1 Å². The molecule has 2 unspecified atom stereocenters. The molecule has 0 heterocycles. The molecule has 534 valence electrons. The van der Waals surface area contributed by atoms with Crippen LogP contribution in [0.4, 0.5) is 0 Å². The molecule has 0 aliphatic rings. The third kappa shape index (κ3) is 74.9. The first-order valence-corrected chi connectivity index (χ1v) is 38.7. The molecule has 0 radical (unpaired) electrons. The summed E-state index contributed by atoms with van der Waals surface area (Å²) in [6, 6.07) is 0. The maximum Gasteiger partial charge on any atom is 0.306 e. The van der Waals surface area contributed by atoms with Gasteiger partial charge in [-0.15, -0.1) is 0 Å². The summed E-state index contributed by atoms with van der Waals surface area (Å²) in [5.41, 5.74) is 0. The molecular weight excluding hydrogens is 1150 g/mol. The molecule has 0 aromatic carbocycles. The van der Waals surface area contributed by atoms with Gasteiger partial charge in [0.2, 0.25) is 0 Å². The predicted octanol–water partition coefficient (Wildman–Crippen LogP) is 23.4. The van der Waals surface area contributed by atoms with E-state index in [1.54, 1.807) is 0 Å². The van der Waals surface area contributed by atoms with Crippen LogP contribution >= 0.6 is 0 Å². The van der Waals surface area contributed by atoms with Gasteiger partial charge < -0.3 is 33.3 Å². The van der Waals surface area contributed by atoms with Gasteiger partial charge in [-0.25, -0.2) is 0 Å². The summed E-state index contributed by atoms with van der Waals surface area (Å²) >= 11 is 0. The summed E-state index contributed by atoms with van der Waals surface area (Å²) < 4.78 is 22.8. The highest BCUT2D eigenvalue weighted by atomic mass is 16.7. The summed E-state index contributed by atoms with van der Waals surface area (Å²) in [4.78, 5) is 37.6. The zero-order valence-corrected chi connectivity index (χ0v) is 61.1. The molecule has 0 rings (SSSR count). The zero-order chi connectivity index (χ0) is 67.5. The van der Waals surface area contributed by atoms with Gasteiger partial charge in [0.15, 0.2) is 12.4 Å². The van der Waals surface area contributed by atoms with E-state index >= 15 is 0 Å². The van der Waals surface area contributed by atoms with Crippen molar-refractivity contribution >= 4 is 17.9 Å². The van der Waals surface area contributed by atoms with Gasteiger partial charge in [-0.05, 0) is 103 Å². The Morgan fingerprint density at radius 3 is 0.860 bits per heavy atom. The van der Waals surface area contributed by atoms with Gasteiger partial charge in [0, 0.05) is 12.8 Å². The van der Waals surface area contributed by atoms with E-state index in [4.69, 9.17) is 18.9 Å². The number of quaternary nitrogens is 1. The van der Waals surface area contributed by atoms with Crippen molar-refractivity contribution in [3.05, 3.63) is 122 Å². The fourth-order valence-electron chi connectivity index (χ4n) is 10.9. The Hall–Kier alpha value is -4.31. The van der Waals surface area contributed by atoms with Gasteiger partial charge in [-0.1, -0.05) is 341 Å². The van der Waals surface area contributed by atoms with Crippen molar-refractivity contribution in [2.45, 2.75) is 347 Å². The third-order valence-corrected chi connectivity index (χ3v) is 16.7. The number of allylic oxidation sites excluding steroid dienone is 20. The summed E-state index contributed by atoms with van der Waals surface area (Å²) in [5, 5.41) is 11.9. The molecule has 0 spiro atoms. The molecule has 0 saturated carbocycles. The minimum absolute atomic E-state index is 0.144. The van der Waals surface area contributed by atoms with Crippen molar-refractivity contribution in [3.8, 4) is 0 Å². The van der Waals surface area contributed by atoms with Crippen molar-refractivity contribution in [2.75, 3.05) is 47.5 Å². The molecule has 2 atom stereocenters. The highest BCUT2D eigenvalue weighted by molar-refractivity contribution is 5.70. The summed E-state index contributed by atoms with van der Waals surface area (Å²) in [6.07, 6.45) is 102. The molecule has 0 aromatic heterocycles. The van der Waals surface area contributed by atoms with Crippen LogP contribution in [0.5, 0.6) is 0 Å². The second-order valence-corrected chi connectivity index (χ2v) is 26.9. The average molecular weight is 1300 g/mol. The maximum absolute atomic E-state index is 13.0. The van der Waals surface area contributed by atoms with Gasteiger partial charge in [0.1, 0.15) is 13.2 Å². The fraction of sp³-hybridized carbons (Fsp3) is 0.726. The van der Waals surface area contributed by atoms with E-state index in [-0.39, 0.29) is 32.2 Å². The number of nitrogens with zero attached hydrogens (tertiary/aromatic N) is 1. The summed E-state index contributed by atoms with van der Waals surface area (Å²) in [6.45, 7) is 4.55. The smallest absolute Gasteiger partial charge is 0.306 e. The minimum atomic E-state index is -1.63. The number of unbranched alkanes of at least 4 members (excludes halogenated alkanes) is 36. The monoisotopic (exact) mass is 1300 g/mol. The van der Waals surface area contributed by atoms with Crippen LogP contribution in [0.1, 0.15) is 335 Å². The van der Waals surface area contributed by atoms with E-state index in [9.17, 15) is 19.5 Å². The number of aliphatic carboxylic acids is 1. The Morgan fingerprint density at radius 2 is 0.581 bits per heavy atom. The first-order chi connectivity index (χ1) is 45.6.